The summed E-state index contributed by atoms with van der Waals surface area (Å²) in [5.41, 5.74) is 1.66. The molecular formula is C15H19NO2. The largest absolute Gasteiger partial charge is 0.490 e. The smallest absolute Gasteiger partial charge is 0.234 e. The van der Waals surface area contributed by atoms with E-state index in [1.165, 1.54) is 6.42 Å². The summed E-state index contributed by atoms with van der Waals surface area (Å²) < 4.78 is 5.88. The van der Waals surface area contributed by atoms with Gasteiger partial charge in [-0.05, 0) is 37.5 Å². The molecule has 1 heterocycles. The molecule has 1 amide bonds. The second-order valence-electron chi connectivity index (χ2n) is 5.58. The molecule has 0 bridgehead atoms. The first-order chi connectivity index (χ1) is 8.70. The Morgan fingerprint density at radius 3 is 2.78 bits per heavy atom. The number of benzene rings is 1. The highest BCUT2D eigenvalue weighted by Gasteiger charge is 2.42. The standard InChI is InChI=1S/C15H19NO2/c1-11-5-6-13-12(9-11)16-14(17)15(10-18-13)7-3-2-4-8-15/h5-6,9H,2-4,7-8,10H2,1H3,(H,16,17). The van der Waals surface area contributed by atoms with Gasteiger partial charge in [-0.25, -0.2) is 0 Å². The number of amides is 1. The minimum atomic E-state index is -0.300. The average molecular weight is 245 g/mol. The fourth-order valence-electron chi connectivity index (χ4n) is 3.00. The summed E-state index contributed by atoms with van der Waals surface area (Å²) in [6.07, 6.45) is 5.40. The molecule has 0 unspecified atom stereocenters. The minimum Gasteiger partial charge on any atom is -0.490 e. The van der Waals surface area contributed by atoms with E-state index in [-0.39, 0.29) is 11.3 Å². The summed E-state index contributed by atoms with van der Waals surface area (Å²) in [6, 6.07) is 5.95. The fraction of sp³-hybridized carbons (Fsp3) is 0.533. The molecule has 1 saturated carbocycles. The van der Waals surface area contributed by atoms with Gasteiger partial charge in [-0.3, -0.25) is 4.79 Å². The number of hydrogen-bond donors (Lipinski definition) is 1. The molecular weight excluding hydrogens is 226 g/mol. The van der Waals surface area contributed by atoms with E-state index in [9.17, 15) is 4.79 Å². The molecule has 0 aromatic heterocycles. The average Bonchev–Trinajstić information content (AvgIpc) is 2.50. The van der Waals surface area contributed by atoms with Crippen LogP contribution in [0.4, 0.5) is 5.69 Å². The number of hydrogen-bond acceptors (Lipinski definition) is 2. The number of carbonyl (C=O) groups excluding carboxylic acids is 1. The van der Waals surface area contributed by atoms with Crippen LogP contribution in [0.3, 0.4) is 0 Å². The summed E-state index contributed by atoms with van der Waals surface area (Å²) in [7, 11) is 0. The summed E-state index contributed by atoms with van der Waals surface area (Å²) >= 11 is 0. The quantitative estimate of drug-likeness (QED) is 0.761. The second kappa shape index (κ2) is 4.30. The summed E-state index contributed by atoms with van der Waals surface area (Å²) in [6.45, 7) is 2.54. The van der Waals surface area contributed by atoms with Crippen LogP contribution in [0, 0.1) is 12.3 Å². The third kappa shape index (κ3) is 1.88. The maximum absolute atomic E-state index is 12.5. The number of aryl methyl sites for hydroxylation is 1. The highest BCUT2D eigenvalue weighted by molar-refractivity contribution is 5.97. The normalized spacial score (nSPS) is 21.7. The third-order valence-corrected chi connectivity index (χ3v) is 4.18. The Kier molecular flexibility index (Phi) is 2.77. The van der Waals surface area contributed by atoms with Crippen molar-refractivity contribution in [2.45, 2.75) is 39.0 Å². The van der Waals surface area contributed by atoms with Crippen LogP contribution in [-0.2, 0) is 4.79 Å². The van der Waals surface area contributed by atoms with Crippen molar-refractivity contribution in [2.24, 2.45) is 5.41 Å². The monoisotopic (exact) mass is 245 g/mol. The fourth-order valence-corrected chi connectivity index (χ4v) is 3.00. The highest BCUT2D eigenvalue weighted by Crippen LogP contribution is 2.41. The van der Waals surface area contributed by atoms with Gasteiger partial charge in [0.15, 0.2) is 0 Å². The topological polar surface area (TPSA) is 38.3 Å². The molecule has 1 N–H and O–H groups in total. The van der Waals surface area contributed by atoms with Gasteiger partial charge in [0, 0.05) is 0 Å². The molecule has 1 aromatic carbocycles. The van der Waals surface area contributed by atoms with Gasteiger partial charge < -0.3 is 10.1 Å². The van der Waals surface area contributed by atoms with Gasteiger partial charge in [0.1, 0.15) is 12.4 Å². The third-order valence-electron chi connectivity index (χ3n) is 4.18. The van der Waals surface area contributed by atoms with E-state index in [0.717, 1.165) is 42.7 Å². The lowest BCUT2D eigenvalue weighted by Gasteiger charge is -2.33. The van der Waals surface area contributed by atoms with Gasteiger partial charge in [0.2, 0.25) is 5.91 Å². The van der Waals surface area contributed by atoms with Crippen LogP contribution in [0.25, 0.3) is 0 Å². The number of carbonyl (C=O) groups is 1. The van der Waals surface area contributed by atoms with E-state index in [1.54, 1.807) is 0 Å². The molecule has 3 heteroatoms. The minimum absolute atomic E-state index is 0.145. The van der Waals surface area contributed by atoms with E-state index < -0.39 is 0 Å². The Morgan fingerprint density at radius 1 is 1.22 bits per heavy atom. The zero-order valence-electron chi connectivity index (χ0n) is 10.8. The van der Waals surface area contributed by atoms with Gasteiger partial charge >= 0.3 is 0 Å². The zero-order valence-corrected chi connectivity index (χ0v) is 10.8. The van der Waals surface area contributed by atoms with Crippen LogP contribution >= 0.6 is 0 Å². The van der Waals surface area contributed by atoms with Crippen molar-refractivity contribution in [1.82, 2.24) is 0 Å². The van der Waals surface area contributed by atoms with E-state index in [2.05, 4.69) is 5.32 Å². The van der Waals surface area contributed by atoms with Crippen LogP contribution in [0.2, 0.25) is 0 Å². The van der Waals surface area contributed by atoms with Crippen molar-refractivity contribution in [1.29, 1.82) is 0 Å². The summed E-state index contributed by atoms with van der Waals surface area (Å²) in [4.78, 5) is 12.5. The summed E-state index contributed by atoms with van der Waals surface area (Å²) in [5, 5.41) is 3.06. The van der Waals surface area contributed by atoms with Gasteiger partial charge in [0.25, 0.3) is 0 Å². The van der Waals surface area contributed by atoms with Gasteiger partial charge in [-0.1, -0.05) is 25.3 Å². The molecule has 3 nitrogen and oxygen atoms in total. The number of anilines is 1. The molecule has 1 aliphatic heterocycles. The Morgan fingerprint density at radius 2 is 2.00 bits per heavy atom. The van der Waals surface area contributed by atoms with Gasteiger partial charge in [-0.15, -0.1) is 0 Å². The number of fused-ring (bicyclic) bond motifs is 1. The molecule has 96 valence electrons. The van der Waals surface area contributed by atoms with Crippen molar-refractivity contribution < 1.29 is 9.53 Å². The van der Waals surface area contributed by atoms with E-state index >= 15 is 0 Å². The zero-order chi connectivity index (χ0) is 12.6. The Labute approximate surface area is 108 Å². The molecule has 0 radical (unpaired) electrons. The first-order valence-electron chi connectivity index (χ1n) is 6.75. The lowest BCUT2D eigenvalue weighted by Crippen LogP contribution is -2.41. The predicted molar refractivity (Wildman–Crippen MR) is 70.8 cm³/mol. The van der Waals surface area contributed by atoms with Crippen molar-refractivity contribution >= 4 is 11.6 Å². The predicted octanol–water partition coefficient (Wildman–Crippen LogP) is 3.28. The molecule has 1 aliphatic carbocycles. The van der Waals surface area contributed by atoms with Crippen molar-refractivity contribution in [3.05, 3.63) is 23.8 Å². The van der Waals surface area contributed by atoms with Crippen LogP contribution in [0.5, 0.6) is 5.75 Å². The Hall–Kier alpha value is -1.51. The maximum atomic E-state index is 12.5. The number of nitrogens with one attached hydrogen (secondary N) is 1. The van der Waals surface area contributed by atoms with E-state index in [1.807, 2.05) is 25.1 Å². The molecule has 1 fully saturated rings. The van der Waals surface area contributed by atoms with E-state index in [4.69, 9.17) is 4.74 Å². The van der Waals surface area contributed by atoms with Crippen LogP contribution in [-0.4, -0.2) is 12.5 Å². The SMILES string of the molecule is Cc1ccc2c(c1)NC(=O)C1(CCCCC1)CO2. The van der Waals surface area contributed by atoms with Crippen molar-refractivity contribution in [3.63, 3.8) is 0 Å². The first-order valence-corrected chi connectivity index (χ1v) is 6.75. The first kappa shape index (κ1) is 11.6. The van der Waals surface area contributed by atoms with Crippen LogP contribution in [0.1, 0.15) is 37.7 Å². The molecule has 1 spiro atoms. The maximum Gasteiger partial charge on any atom is 0.234 e. The Balaban J connectivity index is 1.92. The Bertz CT molecular complexity index is 475. The number of rotatable bonds is 0. The van der Waals surface area contributed by atoms with Crippen molar-refractivity contribution in [3.8, 4) is 5.75 Å². The molecule has 1 aromatic rings. The summed E-state index contributed by atoms with van der Waals surface area (Å²) in [5.74, 6) is 0.947. The lowest BCUT2D eigenvalue weighted by molar-refractivity contribution is -0.128. The molecule has 3 rings (SSSR count). The molecule has 18 heavy (non-hydrogen) atoms. The molecule has 0 saturated heterocycles. The molecule has 0 atom stereocenters. The lowest BCUT2D eigenvalue weighted by atomic mass is 9.74. The highest BCUT2D eigenvalue weighted by atomic mass is 16.5. The number of ether oxygens (including phenoxy) is 1. The molecule has 2 aliphatic rings. The van der Waals surface area contributed by atoms with Crippen LogP contribution < -0.4 is 10.1 Å². The van der Waals surface area contributed by atoms with Gasteiger partial charge in [-0.2, -0.15) is 0 Å². The van der Waals surface area contributed by atoms with Crippen LogP contribution in [0.15, 0.2) is 18.2 Å². The van der Waals surface area contributed by atoms with E-state index in [0.29, 0.717) is 6.61 Å². The van der Waals surface area contributed by atoms with Gasteiger partial charge in [0.05, 0.1) is 11.1 Å². The van der Waals surface area contributed by atoms with Crippen molar-refractivity contribution in [2.75, 3.05) is 11.9 Å². The second-order valence-corrected chi connectivity index (χ2v) is 5.58.